The zero-order valence-corrected chi connectivity index (χ0v) is 15.0. The van der Waals surface area contributed by atoms with Gasteiger partial charge in [0.15, 0.2) is 0 Å². The van der Waals surface area contributed by atoms with E-state index in [1.807, 2.05) is 26.0 Å². The van der Waals surface area contributed by atoms with Gasteiger partial charge in [-0.1, -0.05) is 26.0 Å². The van der Waals surface area contributed by atoms with Gasteiger partial charge in [-0.25, -0.2) is 4.79 Å². The zero-order chi connectivity index (χ0) is 17.7. The highest BCUT2D eigenvalue weighted by Gasteiger charge is 2.07. The first kappa shape index (κ1) is 18.0. The van der Waals surface area contributed by atoms with Gasteiger partial charge in [-0.2, -0.15) is 0 Å². The van der Waals surface area contributed by atoms with E-state index in [4.69, 9.17) is 0 Å². The monoisotopic (exact) mass is 329 g/mol. The summed E-state index contributed by atoms with van der Waals surface area (Å²) in [6, 6.07) is 5.81. The molecule has 0 saturated carbocycles. The number of hydrogen-bond donors (Lipinski definition) is 3. The molecular formula is C19H27N3O2. The van der Waals surface area contributed by atoms with E-state index in [1.165, 1.54) is 0 Å². The molecule has 1 aromatic carbocycles. The summed E-state index contributed by atoms with van der Waals surface area (Å²) in [6.45, 7) is 9.38. The molecule has 0 aliphatic carbocycles. The van der Waals surface area contributed by atoms with Crippen molar-refractivity contribution in [3.05, 3.63) is 45.2 Å². The van der Waals surface area contributed by atoms with E-state index in [-0.39, 0.29) is 11.6 Å². The number of urea groups is 1. The summed E-state index contributed by atoms with van der Waals surface area (Å²) in [7, 11) is 0. The number of pyridine rings is 1. The summed E-state index contributed by atoms with van der Waals surface area (Å²) in [5.74, 6) is 0.563. The third-order valence-corrected chi connectivity index (χ3v) is 4.32. The molecule has 0 saturated heterocycles. The van der Waals surface area contributed by atoms with Crippen LogP contribution in [0.1, 0.15) is 37.0 Å². The van der Waals surface area contributed by atoms with Crippen LogP contribution in [0, 0.1) is 19.8 Å². The molecule has 2 amide bonds. The molecular weight excluding hydrogens is 302 g/mol. The van der Waals surface area contributed by atoms with Crippen LogP contribution >= 0.6 is 0 Å². The van der Waals surface area contributed by atoms with E-state index in [1.54, 1.807) is 0 Å². The Kier molecular flexibility index (Phi) is 6.01. The van der Waals surface area contributed by atoms with Crippen molar-refractivity contribution < 1.29 is 4.79 Å². The van der Waals surface area contributed by atoms with Crippen LogP contribution in [0.3, 0.4) is 0 Å². The van der Waals surface area contributed by atoms with Crippen molar-refractivity contribution in [2.75, 3.05) is 13.1 Å². The third kappa shape index (κ3) is 4.60. The van der Waals surface area contributed by atoms with Crippen LogP contribution in [0.2, 0.25) is 0 Å². The Morgan fingerprint density at radius 3 is 2.58 bits per heavy atom. The molecule has 24 heavy (non-hydrogen) atoms. The molecule has 1 aromatic heterocycles. The first-order valence-electron chi connectivity index (χ1n) is 8.52. The lowest BCUT2D eigenvalue weighted by Crippen LogP contribution is -2.37. The van der Waals surface area contributed by atoms with E-state index in [0.717, 1.165) is 28.5 Å². The van der Waals surface area contributed by atoms with E-state index in [0.29, 0.717) is 31.0 Å². The number of aromatic nitrogens is 1. The smallest absolute Gasteiger partial charge is 0.314 e. The van der Waals surface area contributed by atoms with Gasteiger partial charge in [0, 0.05) is 18.7 Å². The predicted octanol–water partition coefficient (Wildman–Crippen LogP) is 3.03. The Labute approximate surface area is 142 Å². The molecule has 2 rings (SSSR count). The Morgan fingerprint density at radius 2 is 1.88 bits per heavy atom. The molecule has 3 N–H and O–H groups in total. The molecule has 0 atom stereocenters. The average Bonchev–Trinajstić information content (AvgIpc) is 2.52. The van der Waals surface area contributed by atoms with Gasteiger partial charge in [-0.15, -0.1) is 0 Å². The second-order valence-electron chi connectivity index (χ2n) is 6.71. The van der Waals surface area contributed by atoms with Crippen LogP contribution in [-0.2, 0) is 6.42 Å². The summed E-state index contributed by atoms with van der Waals surface area (Å²) in [5.41, 5.74) is 3.75. The van der Waals surface area contributed by atoms with Crippen molar-refractivity contribution in [1.82, 2.24) is 15.6 Å². The number of carbonyl (C=O) groups excluding carboxylic acids is 1. The van der Waals surface area contributed by atoms with Crippen LogP contribution < -0.4 is 16.2 Å². The molecule has 0 aliphatic heterocycles. The van der Waals surface area contributed by atoms with Gasteiger partial charge in [0.2, 0.25) is 0 Å². The fourth-order valence-electron chi connectivity index (χ4n) is 2.60. The van der Waals surface area contributed by atoms with Crippen LogP contribution in [0.4, 0.5) is 4.79 Å². The number of hydrogen-bond acceptors (Lipinski definition) is 2. The van der Waals surface area contributed by atoms with Crippen LogP contribution in [0.5, 0.6) is 0 Å². The minimum atomic E-state index is -0.181. The number of aromatic amines is 1. The van der Waals surface area contributed by atoms with Gasteiger partial charge in [0.1, 0.15) is 0 Å². The Hall–Kier alpha value is -2.30. The van der Waals surface area contributed by atoms with E-state index >= 15 is 0 Å². The highest BCUT2D eigenvalue weighted by molar-refractivity contribution is 5.83. The summed E-state index contributed by atoms with van der Waals surface area (Å²) in [4.78, 5) is 26.9. The van der Waals surface area contributed by atoms with Crippen molar-refractivity contribution in [1.29, 1.82) is 0 Å². The first-order chi connectivity index (χ1) is 11.4. The van der Waals surface area contributed by atoms with E-state index in [9.17, 15) is 9.59 Å². The van der Waals surface area contributed by atoms with Crippen molar-refractivity contribution in [3.8, 4) is 0 Å². The predicted molar refractivity (Wildman–Crippen MR) is 98.6 cm³/mol. The van der Waals surface area contributed by atoms with Crippen molar-refractivity contribution >= 4 is 16.9 Å². The highest BCUT2D eigenvalue weighted by Crippen LogP contribution is 2.18. The Bertz CT molecular complexity index is 778. The molecule has 0 unspecified atom stereocenters. The second-order valence-corrected chi connectivity index (χ2v) is 6.71. The lowest BCUT2D eigenvalue weighted by Gasteiger charge is -2.10. The SMILES string of the molecule is Cc1ccc2cc(CCNC(=O)NCCC(C)C)c(=O)[nH]c2c1C. The maximum Gasteiger partial charge on any atom is 0.314 e. The number of fused-ring (bicyclic) bond motifs is 1. The lowest BCUT2D eigenvalue weighted by molar-refractivity contribution is 0.240. The zero-order valence-electron chi connectivity index (χ0n) is 15.0. The standard InChI is InChI=1S/C19H27N3O2/c1-12(2)7-9-20-19(24)21-10-8-16-11-15-6-5-13(3)14(4)17(15)22-18(16)23/h5-6,11-12H,7-10H2,1-4H3,(H,22,23)(H2,20,21,24). The molecule has 5 nitrogen and oxygen atoms in total. The topological polar surface area (TPSA) is 74.0 Å². The number of H-pyrrole nitrogens is 1. The average molecular weight is 329 g/mol. The molecule has 5 heteroatoms. The number of rotatable bonds is 6. The summed E-state index contributed by atoms with van der Waals surface area (Å²) in [6.07, 6.45) is 1.46. The maximum absolute atomic E-state index is 12.2. The molecule has 2 aromatic rings. The fourth-order valence-corrected chi connectivity index (χ4v) is 2.60. The number of nitrogens with one attached hydrogen (secondary N) is 3. The first-order valence-corrected chi connectivity index (χ1v) is 8.52. The van der Waals surface area contributed by atoms with Crippen LogP contribution in [0.25, 0.3) is 10.9 Å². The summed E-state index contributed by atoms with van der Waals surface area (Å²) < 4.78 is 0. The van der Waals surface area contributed by atoms with E-state index in [2.05, 4.69) is 35.5 Å². The maximum atomic E-state index is 12.2. The van der Waals surface area contributed by atoms with Gasteiger partial charge < -0.3 is 15.6 Å². The second kappa shape index (κ2) is 7.99. The number of benzene rings is 1. The number of carbonyl (C=O) groups is 1. The Morgan fingerprint density at radius 1 is 1.17 bits per heavy atom. The molecule has 1 heterocycles. The van der Waals surface area contributed by atoms with Crippen LogP contribution in [-0.4, -0.2) is 24.1 Å². The van der Waals surface area contributed by atoms with Gasteiger partial charge >= 0.3 is 6.03 Å². The van der Waals surface area contributed by atoms with Gasteiger partial charge in [0.25, 0.3) is 5.56 Å². The highest BCUT2D eigenvalue weighted by atomic mass is 16.2. The van der Waals surface area contributed by atoms with Crippen molar-refractivity contribution in [3.63, 3.8) is 0 Å². The van der Waals surface area contributed by atoms with Gasteiger partial charge in [-0.3, -0.25) is 4.79 Å². The molecule has 0 fully saturated rings. The third-order valence-electron chi connectivity index (χ3n) is 4.32. The number of amides is 2. The molecule has 0 bridgehead atoms. The van der Waals surface area contributed by atoms with Crippen molar-refractivity contribution in [2.45, 2.75) is 40.5 Å². The number of aryl methyl sites for hydroxylation is 2. The minimum Gasteiger partial charge on any atom is -0.338 e. The molecule has 0 spiro atoms. The largest absolute Gasteiger partial charge is 0.338 e. The quantitative estimate of drug-likeness (QED) is 0.762. The summed E-state index contributed by atoms with van der Waals surface area (Å²) >= 11 is 0. The fraction of sp³-hybridized carbons (Fsp3) is 0.474. The van der Waals surface area contributed by atoms with Crippen molar-refractivity contribution in [2.24, 2.45) is 5.92 Å². The lowest BCUT2D eigenvalue weighted by atomic mass is 10.0. The molecule has 0 radical (unpaired) electrons. The Balaban J connectivity index is 1.96. The van der Waals surface area contributed by atoms with E-state index < -0.39 is 0 Å². The molecule has 130 valence electrons. The minimum absolute atomic E-state index is 0.0850. The van der Waals surface area contributed by atoms with Gasteiger partial charge in [0.05, 0.1) is 5.52 Å². The molecule has 0 aliphatic rings. The normalized spacial score (nSPS) is 11.0. The van der Waals surface area contributed by atoms with Gasteiger partial charge in [-0.05, 0) is 55.2 Å². The summed E-state index contributed by atoms with van der Waals surface area (Å²) in [5, 5.41) is 6.64. The van der Waals surface area contributed by atoms with Crippen LogP contribution in [0.15, 0.2) is 23.0 Å².